The number of sulfonamides is 1. The SMILES string of the molecule is CCC(C#N)S(=O)(=O)N(C)Cc1cccc(OC)c1. The van der Waals surface area contributed by atoms with Gasteiger partial charge in [-0.05, 0) is 24.1 Å². The molecule has 0 saturated heterocycles. The van der Waals surface area contributed by atoms with Crippen LogP contribution in [-0.2, 0) is 16.6 Å². The molecule has 0 spiro atoms. The van der Waals surface area contributed by atoms with Crippen molar-refractivity contribution in [1.29, 1.82) is 5.26 Å². The van der Waals surface area contributed by atoms with Crippen LogP contribution in [0.4, 0.5) is 0 Å². The van der Waals surface area contributed by atoms with Crippen molar-refractivity contribution in [3.63, 3.8) is 0 Å². The van der Waals surface area contributed by atoms with Gasteiger partial charge in [0.2, 0.25) is 10.0 Å². The first kappa shape index (κ1) is 15.5. The van der Waals surface area contributed by atoms with Crippen molar-refractivity contribution < 1.29 is 13.2 Å². The highest BCUT2D eigenvalue weighted by atomic mass is 32.2. The number of methoxy groups -OCH3 is 1. The van der Waals surface area contributed by atoms with Crippen molar-refractivity contribution in [2.75, 3.05) is 14.2 Å². The van der Waals surface area contributed by atoms with Gasteiger partial charge in [-0.2, -0.15) is 9.57 Å². The average molecular weight is 282 g/mol. The number of nitriles is 1. The van der Waals surface area contributed by atoms with E-state index in [0.29, 0.717) is 5.75 Å². The predicted octanol–water partition coefficient (Wildman–Crippen LogP) is 1.76. The van der Waals surface area contributed by atoms with Crippen molar-refractivity contribution in [3.05, 3.63) is 29.8 Å². The van der Waals surface area contributed by atoms with Crippen molar-refractivity contribution in [1.82, 2.24) is 4.31 Å². The summed E-state index contributed by atoms with van der Waals surface area (Å²) in [5.41, 5.74) is 0.818. The summed E-state index contributed by atoms with van der Waals surface area (Å²) in [5.74, 6) is 0.677. The van der Waals surface area contributed by atoms with E-state index in [1.807, 2.05) is 12.1 Å². The summed E-state index contributed by atoms with van der Waals surface area (Å²) in [6.45, 7) is 1.91. The summed E-state index contributed by atoms with van der Waals surface area (Å²) < 4.78 is 30.5. The van der Waals surface area contributed by atoms with E-state index in [9.17, 15) is 8.42 Å². The molecule has 0 N–H and O–H groups in total. The Kier molecular flexibility index (Phi) is 5.33. The molecule has 1 unspecified atom stereocenters. The second-order valence-electron chi connectivity index (χ2n) is 4.18. The molecule has 0 fully saturated rings. The zero-order valence-corrected chi connectivity index (χ0v) is 12.1. The Morgan fingerprint density at radius 1 is 1.47 bits per heavy atom. The number of hydrogen-bond acceptors (Lipinski definition) is 4. The van der Waals surface area contributed by atoms with Gasteiger partial charge in [-0.3, -0.25) is 0 Å². The van der Waals surface area contributed by atoms with E-state index in [-0.39, 0.29) is 13.0 Å². The van der Waals surface area contributed by atoms with Gasteiger partial charge in [0.05, 0.1) is 13.2 Å². The Morgan fingerprint density at radius 2 is 2.16 bits per heavy atom. The Morgan fingerprint density at radius 3 is 2.68 bits per heavy atom. The standard InChI is InChI=1S/C13H18N2O3S/c1-4-13(9-14)19(16,17)15(2)10-11-6-5-7-12(8-11)18-3/h5-8,13H,4,10H2,1-3H3. The van der Waals surface area contributed by atoms with Crippen LogP contribution in [0.2, 0.25) is 0 Å². The minimum atomic E-state index is -3.59. The van der Waals surface area contributed by atoms with E-state index in [1.165, 1.54) is 11.4 Å². The lowest BCUT2D eigenvalue weighted by Gasteiger charge is -2.20. The molecule has 19 heavy (non-hydrogen) atoms. The van der Waals surface area contributed by atoms with Crippen molar-refractivity contribution in [3.8, 4) is 11.8 Å². The Labute approximate surface area is 114 Å². The molecular weight excluding hydrogens is 264 g/mol. The van der Waals surface area contributed by atoms with E-state index < -0.39 is 15.3 Å². The van der Waals surface area contributed by atoms with Crippen LogP contribution in [0.3, 0.4) is 0 Å². The summed E-state index contributed by atoms with van der Waals surface area (Å²) >= 11 is 0. The molecule has 0 aliphatic carbocycles. The lowest BCUT2D eigenvalue weighted by atomic mass is 10.2. The Balaban J connectivity index is 2.90. The van der Waals surface area contributed by atoms with Gasteiger partial charge >= 0.3 is 0 Å². The molecular formula is C13H18N2O3S. The second-order valence-corrected chi connectivity index (χ2v) is 6.40. The van der Waals surface area contributed by atoms with Gasteiger partial charge < -0.3 is 4.74 Å². The molecule has 1 atom stereocenters. The van der Waals surface area contributed by atoms with Crippen LogP contribution in [-0.4, -0.2) is 32.1 Å². The zero-order chi connectivity index (χ0) is 14.5. The van der Waals surface area contributed by atoms with E-state index in [2.05, 4.69) is 0 Å². The maximum absolute atomic E-state index is 12.1. The molecule has 0 radical (unpaired) electrons. The maximum atomic E-state index is 12.1. The van der Waals surface area contributed by atoms with E-state index in [0.717, 1.165) is 5.56 Å². The van der Waals surface area contributed by atoms with E-state index in [4.69, 9.17) is 10.00 Å². The molecule has 0 aromatic heterocycles. The number of hydrogen-bond donors (Lipinski definition) is 0. The summed E-state index contributed by atoms with van der Waals surface area (Å²) in [5, 5.41) is 7.89. The summed E-state index contributed by atoms with van der Waals surface area (Å²) in [6, 6.07) is 9.02. The minimum absolute atomic E-state index is 0.220. The fourth-order valence-electron chi connectivity index (χ4n) is 1.70. The molecule has 1 rings (SSSR count). The van der Waals surface area contributed by atoms with Gasteiger partial charge in [0.1, 0.15) is 5.75 Å². The van der Waals surface area contributed by atoms with Crippen LogP contribution < -0.4 is 4.74 Å². The third-order valence-electron chi connectivity index (χ3n) is 2.85. The third-order valence-corrected chi connectivity index (χ3v) is 5.00. The molecule has 5 nitrogen and oxygen atoms in total. The first-order valence-electron chi connectivity index (χ1n) is 5.93. The van der Waals surface area contributed by atoms with Crippen molar-refractivity contribution in [2.45, 2.75) is 25.1 Å². The molecule has 104 valence electrons. The van der Waals surface area contributed by atoms with Crippen LogP contribution in [0, 0.1) is 11.3 Å². The molecule has 0 bridgehead atoms. The average Bonchev–Trinajstić information content (AvgIpc) is 2.40. The smallest absolute Gasteiger partial charge is 0.230 e. The van der Waals surface area contributed by atoms with Gasteiger partial charge in [0, 0.05) is 13.6 Å². The molecule has 1 aromatic rings. The zero-order valence-electron chi connectivity index (χ0n) is 11.3. The van der Waals surface area contributed by atoms with Crippen LogP contribution in [0.25, 0.3) is 0 Å². The van der Waals surface area contributed by atoms with E-state index >= 15 is 0 Å². The molecule has 0 aliphatic rings. The minimum Gasteiger partial charge on any atom is -0.497 e. The van der Waals surface area contributed by atoms with Gasteiger partial charge in [-0.15, -0.1) is 0 Å². The normalized spacial score (nSPS) is 13.0. The Hall–Kier alpha value is -1.58. The number of nitrogens with zero attached hydrogens (tertiary/aromatic N) is 2. The summed E-state index contributed by atoms with van der Waals surface area (Å²) in [7, 11) is -0.549. The van der Waals surface area contributed by atoms with Crippen molar-refractivity contribution >= 4 is 10.0 Å². The molecule has 6 heteroatoms. The topological polar surface area (TPSA) is 70.4 Å². The van der Waals surface area contributed by atoms with Gasteiger partial charge in [0.25, 0.3) is 0 Å². The fraction of sp³-hybridized carbons (Fsp3) is 0.462. The summed E-state index contributed by atoms with van der Waals surface area (Å²) in [4.78, 5) is 0. The molecule has 1 aromatic carbocycles. The van der Waals surface area contributed by atoms with Gasteiger partial charge in [-0.25, -0.2) is 8.42 Å². The highest BCUT2D eigenvalue weighted by molar-refractivity contribution is 7.89. The number of rotatable bonds is 6. The first-order chi connectivity index (χ1) is 8.95. The molecule has 0 heterocycles. The van der Waals surface area contributed by atoms with Crippen LogP contribution in [0.15, 0.2) is 24.3 Å². The lowest BCUT2D eigenvalue weighted by molar-refractivity contribution is 0.412. The summed E-state index contributed by atoms with van der Waals surface area (Å²) in [6.07, 6.45) is 0.279. The second kappa shape index (κ2) is 6.55. The third kappa shape index (κ3) is 3.69. The molecule has 0 amide bonds. The predicted molar refractivity (Wildman–Crippen MR) is 73.1 cm³/mol. The van der Waals surface area contributed by atoms with Crippen LogP contribution >= 0.6 is 0 Å². The highest BCUT2D eigenvalue weighted by Gasteiger charge is 2.28. The molecule has 0 saturated carbocycles. The number of benzene rings is 1. The lowest BCUT2D eigenvalue weighted by Crippen LogP contribution is -2.34. The van der Waals surface area contributed by atoms with Crippen LogP contribution in [0.5, 0.6) is 5.75 Å². The monoisotopic (exact) mass is 282 g/mol. The quantitative estimate of drug-likeness (QED) is 0.797. The maximum Gasteiger partial charge on any atom is 0.230 e. The van der Waals surface area contributed by atoms with Crippen LogP contribution in [0.1, 0.15) is 18.9 Å². The van der Waals surface area contributed by atoms with Gasteiger partial charge in [-0.1, -0.05) is 19.1 Å². The first-order valence-corrected chi connectivity index (χ1v) is 7.43. The van der Waals surface area contributed by atoms with E-state index in [1.54, 1.807) is 32.2 Å². The highest BCUT2D eigenvalue weighted by Crippen LogP contribution is 2.17. The Bertz CT molecular complexity index is 563. The largest absolute Gasteiger partial charge is 0.497 e. The number of ether oxygens (including phenoxy) is 1. The molecule has 0 aliphatic heterocycles. The van der Waals surface area contributed by atoms with Gasteiger partial charge in [0.15, 0.2) is 5.25 Å². The fourth-order valence-corrected chi connectivity index (χ4v) is 3.02. The van der Waals surface area contributed by atoms with Crippen molar-refractivity contribution in [2.24, 2.45) is 0 Å².